The van der Waals surface area contributed by atoms with E-state index in [1.54, 1.807) is 24.3 Å². The molecular weight excluding hydrogens is 654 g/mol. The number of carbonyl (C=O) groups is 2. The molecular formula is C44H61NO7. The minimum Gasteiger partial charge on any atom is -0.504 e. The molecule has 0 unspecified atom stereocenters. The maximum Gasteiger partial charge on any atom is 0.357 e. The topological polar surface area (TPSA) is 106 Å². The molecule has 0 saturated carbocycles. The number of carbonyl (C=O) groups excluding carboxylic acids is 2. The minimum absolute atomic E-state index is 0.0153. The Morgan fingerprint density at radius 2 is 1.54 bits per heavy atom. The summed E-state index contributed by atoms with van der Waals surface area (Å²) in [6, 6.07) is 12.4. The molecule has 1 fully saturated rings. The summed E-state index contributed by atoms with van der Waals surface area (Å²) >= 11 is 0. The summed E-state index contributed by atoms with van der Waals surface area (Å²) in [6.45, 7) is 3.08. The van der Waals surface area contributed by atoms with Crippen LogP contribution in [0.25, 0.3) is 0 Å². The van der Waals surface area contributed by atoms with E-state index in [4.69, 9.17) is 14.2 Å². The van der Waals surface area contributed by atoms with Crippen molar-refractivity contribution in [1.29, 1.82) is 0 Å². The molecule has 2 bridgehead atoms. The quantitative estimate of drug-likeness (QED) is 0.103. The maximum atomic E-state index is 14.0. The van der Waals surface area contributed by atoms with Crippen LogP contribution in [0.15, 0.2) is 54.3 Å². The Labute approximate surface area is 310 Å². The van der Waals surface area contributed by atoms with Gasteiger partial charge in [0.25, 0.3) is 0 Å². The van der Waals surface area contributed by atoms with Gasteiger partial charge in [-0.15, -0.1) is 0 Å². The first-order valence-corrected chi connectivity index (χ1v) is 20.4. The number of rotatable bonds is 20. The van der Waals surface area contributed by atoms with Gasteiger partial charge in [0.15, 0.2) is 17.6 Å². The second-order valence-electron chi connectivity index (χ2n) is 15.9. The third-order valence-electron chi connectivity index (χ3n) is 12.3. The van der Waals surface area contributed by atoms with Crippen molar-refractivity contribution in [3.63, 3.8) is 0 Å². The van der Waals surface area contributed by atoms with E-state index in [0.717, 1.165) is 43.4 Å². The number of phenolic OH excluding ortho intramolecular Hbond substituents is 1. The number of ether oxygens (including phenoxy) is 3. The van der Waals surface area contributed by atoms with Crippen LogP contribution in [0.4, 0.5) is 0 Å². The molecule has 8 heteroatoms. The highest BCUT2D eigenvalue weighted by molar-refractivity contribution is 5.82. The zero-order chi connectivity index (χ0) is 36.6. The molecule has 4 aliphatic rings. The van der Waals surface area contributed by atoms with Gasteiger partial charge in [0, 0.05) is 30.0 Å². The number of benzene rings is 2. The SMILES string of the molecule is CCCCCCCCCCCCCCCCCC(=O)O[C@H](C(=O)OC1=CC[C@@]2(O)[C@H]3Cc4ccc(O)c5c4[C@@]2(CCCN3C)[C@H]1O5)c1ccccc1. The predicted octanol–water partition coefficient (Wildman–Crippen LogP) is 9.15. The van der Waals surface area contributed by atoms with Gasteiger partial charge in [-0.25, -0.2) is 4.79 Å². The van der Waals surface area contributed by atoms with E-state index in [1.165, 1.54) is 77.0 Å². The number of likely N-dealkylation sites (N-methyl/N-ethyl adjacent to an activating group) is 1. The van der Waals surface area contributed by atoms with Crippen LogP contribution in [-0.2, 0) is 30.9 Å². The van der Waals surface area contributed by atoms with Gasteiger partial charge in [-0.2, -0.15) is 0 Å². The number of hydrogen-bond acceptors (Lipinski definition) is 8. The van der Waals surface area contributed by atoms with Crippen molar-refractivity contribution in [2.45, 2.75) is 165 Å². The number of esters is 2. The average molecular weight is 716 g/mol. The lowest BCUT2D eigenvalue weighted by molar-refractivity contribution is -0.169. The van der Waals surface area contributed by atoms with Crippen LogP contribution >= 0.6 is 0 Å². The summed E-state index contributed by atoms with van der Waals surface area (Å²) in [5.74, 6) is -0.456. The molecule has 6 rings (SSSR count). The van der Waals surface area contributed by atoms with E-state index in [2.05, 4.69) is 18.9 Å². The van der Waals surface area contributed by atoms with Crippen molar-refractivity contribution in [1.82, 2.24) is 4.90 Å². The summed E-state index contributed by atoms with van der Waals surface area (Å²) in [7, 11) is 2.05. The summed E-state index contributed by atoms with van der Waals surface area (Å²) in [5, 5.41) is 23.5. The second-order valence-corrected chi connectivity index (χ2v) is 15.9. The fourth-order valence-corrected chi connectivity index (χ4v) is 9.57. The maximum absolute atomic E-state index is 14.0. The molecule has 0 aromatic heterocycles. The molecule has 2 N–H and O–H groups in total. The Kier molecular flexibility index (Phi) is 13.0. The lowest BCUT2D eigenvalue weighted by Crippen LogP contribution is -2.69. The van der Waals surface area contributed by atoms with E-state index in [9.17, 15) is 19.8 Å². The fraction of sp³-hybridized carbons (Fsp3) is 0.636. The molecule has 2 aromatic rings. The van der Waals surface area contributed by atoms with Crippen molar-refractivity contribution in [2.24, 2.45) is 0 Å². The zero-order valence-electron chi connectivity index (χ0n) is 31.6. The first-order chi connectivity index (χ1) is 25.3. The van der Waals surface area contributed by atoms with E-state index in [-0.39, 0.29) is 24.6 Å². The Balaban J connectivity index is 1.02. The van der Waals surface area contributed by atoms with Crippen molar-refractivity contribution in [3.8, 4) is 11.5 Å². The Hall–Kier alpha value is -3.36. The number of likely N-dealkylation sites (tertiary alicyclic amines) is 1. The van der Waals surface area contributed by atoms with Crippen LogP contribution in [0, 0.1) is 0 Å². The normalized spacial score (nSPS) is 25.0. The van der Waals surface area contributed by atoms with Gasteiger partial charge in [-0.05, 0) is 57.0 Å². The van der Waals surface area contributed by atoms with Gasteiger partial charge in [0.1, 0.15) is 5.76 Å². The second kappa shape index (κ2) is 17.6. The minimum atomic E-state index is -1.24. The number of hydrogen-bond donors (Lipinski definition) is 2. The Morgan fingerprint density at radius 1 is 0.904 bits per heavy atom. The Morgan fingerprint density at radius 3 is 2.19 bits per heavy atom. The van der Waals surface area contributed by atoms with E-state index >= 15 is 0 Å². The molecule has 52 heavy (non-hydrogen) atoms. The van der Waals surface area contributed by atoms with E-state index in [1.807, 2.05) is 24.3 Å². The van der Waals surface area contributed by atoms with Gasteiger partial charge in [0.05, 0.1) is 11.0 Å². The summed E-state index contributed by atoms with van der Waals surface area (Å²) in [4.78, 5) is 29.4. The van der Waals surface area contributed by atoms with Crippen LogP contribution in [-0.4, -0.2) is 58.4 Å². The highest BCUT2D eigenvalue weighted by Gasteiger charge is 2.71. The van der Waals surface area contributed by atoms with Crippen LogP contribution < -0.4 is 4.74 Å². The monoisotopic (exact) mass is 715 g/mol. The first-order valence-electron chi connectivity index (χ1n) is 20.4. The smallest absolute Gasteiger partial charge is 0.357 e. The van der Waals surface area contributed by atoms with Crippen molar-refractivity contribution >= 4 is 11.9 Å². The lowest BCUT2D eigenvalue weighted by Gasteiger charge is -2.56. The fourth-order valence-electron chi connectivity index (χ4n) is 9.57. The van der Waals surface area contributed by atoms with Crippen LogP contribution in [0.1, 0.15) is 152 Å². The summed E-state index contributed by atoms with van der Waals surface area (Å²) in [6.07, 6.45) is 21.0. The molecule has 2 heterocycles. The van der Waals surface area contributed by atoms with Gasteiger partial charge in [-0.1, -0.05) is 133 Å². The van der Waals surface area contributed by atoms with Crippen molar-refractivity contribution in [2.75, 3.05) is 13.6 Å². The van der Waals surface area contributed by atoms with Crippen LogP contribution in [0.2, 0.25) is 0 Å². The molecule has 1 saturated heterocycles. The standard InChI is InChI=1S/C44H61NO7/c1-3-4-5-6-7-8-9-10-11-12-13-14-15-16-20-24-37(47)51-39(32-22-18-17-19-23-32)42(48)50-35-27-29-44(49)36-31-33-25-26-34(46)40-38(33)43(44,41(35)52-40)28-21-30-45(36)2/h17-19,22-23,25-27,36,39,41,46,49H,3-16,20-21,24,28-31H2,1-2H3/t36-,39+,41+,43+,44-/m1/s1. The van der Waals surface area contributed by atoms with Crippen molar-refractivity contribution < 1.29 is 34.0 Å². The molecule has 284 valence electrons. The van der Waals surface area contributed by atoms with Crippen molar-refractivity contribution in [3.05, 3.63) is 71.0 Å². The first kappa shape index (κ1) is 38.4. The number of unbranched alkanes of at least 4 members (excludes halogenated alkanes) is 14. The van der Waals surface area contributed by atoms with Gasteiger partial charge >= 0.3 is 11.9 Å². The molecule has 5 atom stereocenters. The van der Waals surface area contributed by atoms with Gasteiger partial charge in [0.2, 0.25) is 6.10 Å². The molecule has 2 aliphatic heterocycles. The number of aromatic hydroxyl groups is 1. The molecule has 0 amide bonds. The highest BCUT2D eigenvalue weighted by atomic mass is 16.6. The molecule has 2 aliphatic carbocycles. The lowest BCUT2D eigenvalue weighted by atomic mass is 9.52. The molecule has 1 spiro atoms. The van der Waals surface area contributed by atoms with Crippen LogP contribution in [0.3, 0.4) is 0 Å². The largest absolute Gasteiger partial charge is 0.504 e. The number of aliphatic hydroxyl groups is 1. The van der Waals surface area contributed by atoms with Gasteiger partial charge < -0.3 is 29.3 Å². The van der Waals surface area contributed by atoms with E-state index in [0.29, 0.717) is 29.9 Å². The highest BCUT2D eigenvalue weighted by Crippen LogP contribution is 2.65. The van der Waals surface area contributed by atoms with Crippen LogP contribution in [0.5, 0.6) is 11.5 Å². The number of phenols is 1. The third-order valence-corrected chi connectivity index (χ3v) is 12.3. The average Bonchev–Trinajstić information content (AvgIpc) is 3.49. The molecule has 0 radical (unpaired) electrons. The van der Waals surface area contributed by atoms with E-state index < -0.39 is 35.2 Å². The predicted molar refractivity (Wildman–Crippen MR) is 202 cm³/mol. The third kappa shape index (κ3) is 7.94. The Bertz CT molecular complexity index is 1540. The summed E-state index contributed by atoms with van der Waals surface area (Å²) < 4.78 is 18.5. The molecule has 8 nitrogen and oxygen atoms in total. The summed E-state index contributed by atoms with van der Waals surface area (Å²) in [5.41, 5.74) is 0.348. The number of nitrogens with zero attached hydrogens (tertiary/aromatic N) is 1. The molecule has 2 aromatic carbocycles. The van der Waals surface area contributed by atoms with Gasteiger partial charge in [-0.3, -0.25) is 4.79 Å². The zero-order valence-corrected chi connectivity index (χ0v) is 31.6.